The van der Waals surface area contributed by atoms with Crippen molar-refractivity contribution in [1.29, 1.82) is 0 Å². The Morgan fingerprint density at radius 1 is 1.32 bits per heavy atom. The van der Waals surface area contributed by atoms with Crippen LogP contribution in [0.4, 0.5) is 5.69 Å². The standard InChI is InChI=1S/C12H17NO2S2.C2H6/c1-12(2,8-11(14)15)17-16-10-7-5-4-6-9(10)13-3;1-2/h4-7,13H,8H2,1-3H3,(H,14,15);1-2H3. The van der Waals surface area contributed by atoms with Crippen molar-refractivity contribution in [2.75, 3.05) is 12.4 Å². The second-order valence-corrected chi connectivity index (χ2v) is 7.12. The highest BCUT2D eigenvalue weighted by Crippen LogP contribution is 2.44. The minimum absolute atomic E-state index is 0.159. The van der Waals surface area contributed by atoms with Crippen molar-refractivity contribution in [3.05, 3.63) is 24.3 Å². The summed E-state index contributed by atoms with van der Waals surface area (Å²) in [5.74, 6) is -0.759. The Labute approximate surface area is 124 Å². The van der Waals surface area contributed by atoms with Crippen LogP contribution in [0.2, 0.25) is 0 Å². The van der Waals surface area contributed by atoms with Crippen LogP contribution in [0.15, 0.2) is 29.2 Å². The molecule has 5 heteroatoms. The first-order valence-electron chi connectivity index (χ1n) is 6.29. The number of anilines is 1. The van der Waals surface area contributed by atoms with Gasteiger partial charge in [0.2, 0.25) is 0 Å². The largest absolute Gasteiger partial charge is 0.481 e. The number of hydrogen-bond acceptors (Lipinski definition) is 4. The van der Waals surface area contributed by atoms with E-state index in [1.54, 1.807) is 21.6 Å². The van der Waals surface area contributed by atoms with E-state index in [0.29, 0.717) is 0 Å². The van der Waals surface area contributed by atoms with E-state index in [2.05, 4.69) is 5.32 Å². The van der Waals surface area contributed by atoms with E-state index in [9.17, 15) is 4.79 Å². The summed E-state index contributed by atoms with van der Waals surface area (Å²) in [6, 6.07) is 7.99. The van der Waals surface area contributed by atoms with Crippen LogP contribution in [0.25, 0.3) is 0 Å². The number of aliphatic carboxylic acids is 1. The topological polar surface area (TPSA) is 49.3 Å². The van der Waals surface area contributed by atoms with E-state index in [-0.39, 0.29) is 11.2 Å². The SMILES string of the molecule is CC.CNc1ccccc1SSC(C)(C)CC(=O)O. The van der Waals surface area contributed by atoms with E-state index >= 15 is 0 Å². The summed E-state index contributed by atoms with van der Waals surface area (Å²) in [5.41, 5.74) is 1.07. The zero-order chi connectivity index (χ0) is 14.9. The average molecular weight is 301 g/mol. The van der Waals surface area contributed by atoms with E-state index in [1.165, 1.54) is 0 Å². The van der Waals surface area contributed by atoms with E-state index in [0.717, 1.165) is 10.6 Å². The fraction of sp³-hybridized carbons (Fsp3) is 0.500. The molecule has 3 nitrogen and oxygen atoms in total. The molecule has 0 atom stereocenters. The third-order valence-electron chi connectivity index (χ3n) is 2.09. The molecular weight excluding hydrogens is 278 g/mol. The van der Waals surface area contributed by atoms with E-state index in [4.69, 9.17) is 5.11 Å². The Kier molecular flexibility index (Phi) is 8.76. The molecule has 0 aliphatic rings. The van der Waals surface area contributed by atoms with Crippen molar-refractivity contribution >= 4 is 33.2 Å². The van der Waals surface area contributed by atoms with Gasteiger partial charge in [-0.2, -0.15) is 0 Å². The molecule has 19 heavy (non-hydrogen) atoms. The Hall–Kier alpha value is -0.810. The molecule has 1 aromatic rings. The van der Waals surface area contributed by atoms with Crippen LogP contribution in [0.1, 0.15) is 34.1 Å². The van der Waals surface area contributed by atoms with Gasteiger partial charge < -0.3 is 10.4 Å². The highest BCUT2D eigenvalue weighted by molar-refractivity contribution is 8.77. The fourth-order valence-electron chi connectivity index (χ4n) is 1.30. The van der Waals surface area contributed by atoms with Crippen molar-refractivity contribution in [1.82, 2.24) is 0 Å². The molecule has 1 aromatic carbocycles. The Morgan fingerprint density at radius 2 is 1.89 bits per heavy atom. The number of carboxylic acids is 1. The number of rotatable bonds is 6. The van der Waals surface area contributed by atoms with Crippen LogP contribution < -0.4 is 5.32 Å². The van der Waals surface area contributed by atoms with Gasteiger partial charge >= 0.3 is 5.97 Å². The second kappa shape index (κ2) is 9.15. The zero-order valence-corrected chi connectivity index (χ0v) is 13.8. The summed E-state index contributed by atoms with van der Waals surface area (Å²) in [7, 11) is 5.08. The van der Waals surface area contributed by atoms with Gasteiger partial charge in [-0.05, 0) is 26.0 Å². The van der Waals surface area contributed by atoms with Gasteiger partial charge in [0, 0.05) is 22.4 Å². The van der Waals surface area contributed by atoms with Crippen LogP contribution >= 0.6 is 21.6 Å². The lowest BCUT2D eigenvalue weighted by Crippen LogP contribution is -2.18. The van der Waals surface area contributed by atoms with Crippen molar-refractivity contribution in [2.45, 2.75) is 43.8 Å². The molecule has 0 saturated carbocycles. The summed E-state index contributed by atoms with van der Waals surface area (Å²) in [6.45, 7) is 7.89. The third-order valence-corrected chi connectivity index (χ3v) is 5.45. The highest BCUT2D eigenvalue weighted by Gasteiger charge is 2.23. The van der Waals surface area contributed by atoms with Crippen LogP contribution in [0.5, 0.6) is 0 Å². The molecule has 0 saturated heterocycles. The number of carbonyl (C=O) groups is 1. The molecule has 0 aliphatic carbocycles. The lowest BCUT2D eigenvalue weighted by Gasteiger charge is -2.21. The average Bonchev–Trinajstić information content (AvgIpc) is 2.37. The predicted molar refractivity (Wildman–Crippen MR) is 87.1 cm³/mol. The van der Waals surface area contributed by atoms with E-state index < -0.39 is 5.97 Å². The molecular formula is C14H23NO2S2. The zero-order valence-electron chi connectivity index (χ0n) is 12.2. The van der Waals surface area contributed by atoms with Crippen LogP contribution in [-0.4, -0.2) is 22.9 Å². The third kappa shape index (κ3) is 7.38. The van der Waals surface area contributed by atoms with Gasteiger partial charge in [0.15, 0.2) is 0 Å². The quantitative estimate of drug-likeness (QED) is 0.743. The number of para-hydroxylation sites is 1. The number of nitrogens with one attached hydrogen (secondary N) is 1. The van der Waals surface area contributed by atoms with Gasteiger partial charge in [-0.1, -0.05) is 47.6 Å². The van der Waals surface area contributed by atoms with Crippen molar-refractivity contribution < 1.29 is 9.90 Å². The first kappa shape index (κ1) is 18.2. The summed E-state index contributed by atoms with van der Waals surface area (Å²) in [4.78, 5) is 11.8. The van der Waals surface area contributed by atoms with Gasteiger partial charge in [0.25, 0.3) is 0 Å². The van der Waals surface area contributed by atoms with Crippen LogP contribution in [0.3, 0.4) is 0 Å². The molecule has 0 bridgehead atoms. The number of carboxylic acid groups (broad SMARTS) is 1. The Morgan fingerprint density at radius 3 is 2.42 bits per heavy atom. The molecule has 0 unspecified atom stereocenters. The smallest absolute Gasteiger partial charge is 0.304 e. The van der Waals surface area contributed by atoms with Gasteiger partial charge in [-0.15, -0.1) is 0 Å². The fourth-order valence-corrected chi connectivity index (χ4v) is 3.75. The molecule has 1 rings (SSSR count). The molecule has 0 amide bonds. The number of benzene rings is 1. The summed E-state index contributed by atoms with van der Waals surface area (Å²) in [5, 5.41) is 11.9. The highest BCUT2D eigenvalue weighted by atomic mass is 33.1. The second-order valence-electron chi connectivity index (χ2n) is 4.24. The lowest BCUT2D eigenvalue weighted by atomic mass is 10.1. The molecule has 0 aliphatic heterocycles. The van der Waals surface area contributed by atoms with E-state index in [1.807, 2.05) is 59.0 Å². The normalized spacial score (nSPS) is 10.4. The monoisotopic (exact) mass is 301 g/mol. The lowest BCUT2D eigenvalue weighted by molar-refractivity contribution is -0.137. The molecule has 108 valence electrons. The van der Waals surface area contributed by atoms with Crippen molar-refractivity contribution in [2.24, 2.45) is 0 Å². The van der Waals surface area contributed by atoms with Gasteiger partial charge in [0.1, 0.15) is 0 Å². The minimum atomic E-state index is -0.759. The number of hydrogen-bond donors (Lipinski definition) is 2. The van der Waals surface area contributed by atoms with Gasteiger partial charge in [-0.3, -0.25) is 4.79 Å². The van der Waals surface area contributed by atoms with Crippen LogP contribution in [0, 0.1) is 0 Å². The summed E-state index contributed by atoms with van der Waals surface area (Å²) >= 11 is 0. The maximum absolute atomic E-state index is 10.7. The maximum Gasteiger partial charge on any atom is 0.304 e. The molecule has 0 spiro atoms. The van der Waals surface area contributed by atoms with Gasteiger partial charge in [-0.25, -0.2) is 0 Å². The summed E-state index contributed by atoms with van der Waals surface area (Å²) in [6.07, 6.45) is 0.159. The van der Waals surface area contributed by atoms with Crippen molar-refractivity contribution in [3.63, 3.8) is 0 Å². The Bertz CT molecular complexity index is 395. The van der Waals surface area contributed by atoms with Crippen LogP contribution in [-0.2, 0) is 4.79 Å². The molecule has 0 heterocycles. The maximum atomic E-state index is 10.7. The molecule has 0 fully saturated rings. The molecule has 0 radical (unpaired) electrons. The van der Waals surface area contributed by atoms with Gasteiger partial charge in [0.05, 0.1) is 6.42 Å². The van der Waals surface area contributed by atoms with Crippen molar-refractivity contribution in [3.8, 4) is 0 Å². The minimum Gasteiger partial charge on any atom is -0.481 e. The predicted octanol–water partition coefficient (Wildman–Crippen LogP) is 4.75. The first-order valence-corrected chi connectivity index (χ1v) is 8.44. The molecule has 0 aromatic heterocycles. The Balaban J connectivity index is 0.00000154. The molecule has 2 N–H and O–H groups in total. The first-order chi connectivity index (χ1) is 8.94. The summed E-state index contributed by atoms with van der Waals surface area (Å²) < 4.78 is -0.280.